The van der Waals surface area contributed by atoms with Gasteiger partial charge in [0.05, 0.1) is 5.94 Å². The maximum Gasteiger partial charge on any atom is 0.119 e. The summed E-state index contributed by atoms with van der Waals surface area (Å²) in [5.74, 6) is 0.514. The van der Waals surface area contributed by atoms with Gasteiger partial charge in [-0.3, -0.25) is 0 Å². The predicted molar refractivity (Wildman–Crippen MR) is 75.6 cm³/mol. The van der Waals surface area contributed by atoms with Crippen molar-refractivity contribution in [3.05, 3.63) is 29.8 Å². The molecule has 0 N–H and O–H groups in total. The monoisotopic (exact) mass is 260 g/mol. The van der Waals surface area contributed by atoms with Crippen LogP contribution >= 0.6 is 25.3 Å². The van der Waals surface area contributed by atoms with Crippen molar-refractivity contribution < 1.29 is 9.53 Å². The summed E-state index contributed by atoms with van der Waals surface area (Å²) in [4.78, 5) is 10.2. The first kappa shape index (κ1) is 17.9. The van der Waals surface area contributed by atoms with Gasteiger partial charge in [0.25, 0.3) is 0 Å². The quantitative estimate of drug-likeness (QED) is 0.484. The summed E-state index contributed by atoms with van der Waals surface area (Å²) < 4.78 is 4.41. The Morgan fingerprint density at radius 2 is 1.69 bits per heavy atom. The molecular weight excluding hydrogens is 240 g/mol. The molecule has 0 saturated carbocycles. The van der Waals surface area contributed by atoms with Crippen molar-refractivity contribution in [3.8, 4) is 0 Å². The molecule has 0 heterocycles. The van der Waals surface area contributed by atoms with Crippen molar-refractivity contribution in [1.29, 1.82) is 0 Å². The van der Waals surface area contributed by atoms with Crippen LogP contribution in [0.25, 0.3) is 0 Å². The molecule has 0 radical (unpaired) electrons. The number of hydrogen-bond donors (Lipinski definition) is 2. The number of thiol groups is 2. The first-order valence-electron chi connectivity index (χ1n) is 4.91. The van der Waals surface area contributed by atoms with Crippen molar-refractivity contribution in [2.75, 3.05) is 13.0 Å². The SMILES string of the molecule is CCC=O.COCS.Cc1ccc(S)cc1. The molecular formula is C12H20O2S2. The molecule has 0 unspecified atom stereocenters. The zero-order valence-electron chi connectivity index (χ0n) is 10.0. The van der Waals surface area contributed by atoms with Gasteiger partial charge >= 0.3 is 0 Å². The van der Waals surface area contributed by atoms with Crippen molar-refractivity contribution in [2.45, 2.75) is 25.2 Å². The molecule has 0 fully saturated rings. The van der Waals surface area contributed by atoms with Crippen LogP contribution in [0.4, 0.5) is 0 Å². The van der Waals surface area contributed by atoms with Crippen molar-refractivity contribution in [2.24, 2.45) is 0 Å². The minimum Gasteiger partial charge on any atom is -0.374 e. The van der Waals surface area contributed by atoms with Gasteiger partial charge in [0.2, 0.25) is 0 Å². The maximum absolute atomic E-state index is 9.17. The van der Waals surface area contributed by atoms with E-state index in [-0.39, 0.29) is 0 Å². The highest BCUT2D eigenvalue weighted by molar-refractivity contribution is 7.80. The van der Waals surface area contributed by atoms with Crippen molar-refractivity contribution in [1.82, 2.24) is 0 Å². The molecule has 1 aromatic carbocycles. The lowest BCUT2D eigenvalue weighted by atomic mass is 10.2. The van der Waals surface area contributed by atoms with Crippen molar-refractivity contribution >= 4 is 31.5 Å². The molecule has 0 aromatic heterocycles. The smallest absolute Gasteiger partial charge is 0.119 e. The summed E-state index contributed by atoms with van der Waals surface area (Å²) in [6.45, 7) is 3.88. The number of ether oxygens (including phenoxy) is 1. The second-order valence-corrected chi connectivity index (χ2v) is 3.60. The Hall–Kier alpha value is -0.450. The van der Waals surface area contributed by atoms with Crippen molar-refractivity contribution in [3.63, 3.8) is 0 Å². The number of methoxy groups -OCH3 is 1. The summed E-state index contributed by atoms with van der Waals surface area (Å²) in [5.41, 5.74) is 1.28. The number of rotatable bonds is 2. The summed E-state index contributed by atoms with van der Waals surface area (Å²) in [5, 5.41) is 0. The molecule has 16 heavy (non-hydrogen) atoms. The van der Waals surface area contributed by atoms with Gasteiger partial charge in [0, 0.05) is 18.4 Å². The molecule has 0 atom stereocenters. The number of aryl methyl sites for hydroxylation is 1. The van der Waals surface area contributed by atoms with Crippen LogP contribution in [0.5, 0.6) is 0 Å². The third-order valence-corrected chi connectivity index (χ3v) is 1.89. The molecule has 4 heteroatoms. The van der Waals surface area contributed by atoms with E-state index < -0.39 is 0 Å². The van der Waals surface area contributed by atoms with E-state index in [1.165, 1.54) is 5.56 Å². The molecule has 0 amide bonds. The van der Waals surface area contributed by atoms with Gasteiger partial charge in [-0.05, 0) is 19.1 Å². The third kappa shape index (κ3) is 16.0. The predicted octanol–water partition coefficient (Wildman–Crippen LogP) is 3.40. The molecule has 0 bridgehead atoms. The molecule has 0 spiro atoms. The molecule has 0 aliphatic carbocycles. The van der Waals surface area contributed by atoms with E-state index in [0.29, 0.717) is 12.4 Å². The maximum atomic E-state index is 9.17. The summed E-state index contributed by atoms with van der Waals surface area (Å²) >= 11 is 7.83. The Balaban J connectivity index is 0. The highest BCUT2D eigenvalue weighted by Crippen LogP contribution is 2.05. The van der Waals surface area contributed by atoms with E-state index in [0.717, 1.165) is 11.2 Å². The minimum atomic E-state index is 0.514. The van der Waals surface area contributed by atoms with Gasteiger partial charge in [0.1, 0.15) is 6.29 Å². The third-order valence-electron chi connectivity index (χ3n) is 1.33. The fourth-order valence-corrected chi connectivity index (χ4v) is 0.694. The Morgan fingerprint density at radius 1 is 1.31 bits per heavy atom. The fourth-order valence-electron chi connectivity index (χ4n) is 0.545. The van der Waals surface area contributed by atoms with Gasteiger partial charge in [-0.1, -0.05) is 24.6 Å². The highest BCUT2D eigenvalue weighted by Gasteiger charge is 1.80. The lowest BCUT2D eigenvalue weighted by molar-refractivity contribution is -0.107. The Bertz CT molecular complexity index is 225. The Morgan fingerprint density at radius 3 is 1.88 bits per heavy atom. The van der Waals surface area contributed by atoms with E-state index in [2.05, 4.69) is 36.9 Å². The van der Waals surface area contributed by atoms with E-state index in [4.69, 9.17) is 0 Å². The van der Waals surface area contributed by atoms with Crippen LogP contribution in [0, 0.1) is 6.92 Å². The second-order valence-electron chi connectivity index (χ2n) is 2.83. The number of carbonyl (C=O) groups excluding carboxylic acids is 1. The van der Waals surface area contributed by atoms with Crippen LogP contribution in [-0.2, 0) is 9.53 Å². The zero-order chi connectivity index (χ0) is 12.8. The lowest BCUT2D eigenvalue weighted by Crippen LogP contribution is -1.69. The average molecular weight is 260 g/mol. The number of hydrogen-bond acceptors (Lipinski definition) is 4. The van der Waals surface area contributed by atoms with Crippen LogP contribution in [-0.4, -0.2) is 19.3 Å². The zero-order valence-corrected chi connectivity index (χ0v) is 11.8. The van der Waals surface area contributed by atoms with E-state index in [1.807, 2.05) is 31.2 Å². The fraction of sp³-hybridized carbons (Fsp3) is 0.417. The topological polar surface area (TPSA) is 26.3 Å². The van der Waals surface area contributed by atoms with Gasteiger partial charge in [-0.15, -0.1) is 12.6 Å². The highest BCUT2D eigenvalue weighted by atomic mass is 32.1. The number of aldehydes is 1. The molecule has 0 aliphatic rings. The number of carbonyl (C=O) groups is 1. The molecule has 1 rings (SSSR count). The lowest BCUT2D eigenvalue weighted by Gasteiger charge is -1.89. The molecule has 2 nitrogen and oxygen atoms in total. The van der Waals surface area contributed by atoms with Crippen LogP contribution in [0.2, 0.25) is 0 Å². The van der Waals surface area contributed by atoms with Crippen LogP contribution in [0.15, 0.2) is 29.2 Å². The minimum absolute atomic E-state index is 0.514. The Kier molecular flexibility index (Phi) is 16.3. The summed E-state index contributed by atoms with van der Waals surface area (Å²) in [6.07, 6.45) is 1.51. The van der Waals surface area contributed by atoms with Crippen LogP contribution in [0.1, 0.15) is 18.9 Å². The summed E-state index contributed by atoms with van der Waals surface area (Å²) in [6, 6.07) is 8.06. The van der Waals surface area contributed by atoms with E-state index in [1.54, 1.807) is 7.11 Å². The number of benzene rings is 1. The standard InChI is InChI=1S/C7H8S.C3H6O.C2H6OS/c1-6-2-4-7(8)5-3-6;1-2-3-4;1-3-2-4/h2-5,8H,1H3;3H,2H2,1H3;4H,2H2,1H3. The van der Waals surface area contributed by atoms with Crippen LogP contribution in [0.3, 0.4) is 0 Å². The first-order valence-corrected chi connectivity index (χ1v) is 5.99. The van der Waals surface area contributed by atoms with E-state index in [9.17, 15) is 4.79 Å². The van der Waals surface area contributed by atoms with Gasteiger partial charge < -0.3 is 9.53 Å². The Labute approximate surface area is 109 Å². The second kappa shape index (κ2) is 14.6. The first-order chi connectivity index (χ1) is 7.62. The molecule has 0 aliphatic heterocycles. The molecule has 0 saturated heterocycles. The van der Waals surface area contributed by atoms with Gasteiger partial charge in [0.15, 0.2) is 0 Å². The van der Waals surface area contributed by atoms with Gasteiger partial charge in [-0.25, -0.2) is 0 Å². The summed E-state index contributed by atoms with van der Waals surface area (Å²) in [7, 11) is 1.60. The van der Waals surface area contributed by atoms with Gasteiger partial charge in [-0.2, -0.15) is 12.6 Å². The van der Waals surface area contributed by atoms with E-state index >= 15 is 0 Å². The largest absolute Gasteiger partial charge is 0.374 e. The average Bonchev–Trinajstić information content (AvgIpc) is 2.33. The van der Waals surface area contributed by atoms with Crippen LogP contribution < -0.4 is 0 Å². The normalized spacial score (nSPS) is 8.06. The molecule has 92 valence electrons. The molecule has 1 aromatic rings.